The van der Waals surface area contributed by atoms with Crippen LogP contribution in [0.1, 0.15) is 17.0 Å². The van der Waals surface area contributed by atoms with E-state index in [4.69, 9.17) is 25.7 Å². The van der Waals surface area contributed by atoms with E-state index in [1.807, 2.05) is 18.2 Å². The van der Waals surface area contributed by atoms with Crippen LogP contribution in [-0.4, -0.2) is 20.4 Å². The van der Waals surface area contributed by atoms with Crippen molar-refractivity contribution < 1.29 is 14.2 Å². The summed E-state index contributed by atoms with van der Waals surface area (Å²) in [7, 11) is 3.14. The lowest BCUT2D eigenvalue weighted by Gasteiger charge is -2.35. The lowest BCUT2D eigenvalue weighted by molar-refractivity contribution is 0.135. The van der Waals surface area contributed by atoms with Crippen molar-refractivity contribution in [3.8, 4) is 23.3 Å². The van der Waals surface area contributed by atoms with Crippen LogP contribution in [0.5, 0.6) is 17.2 Å². The van der Waals surface area contributed by atoms with E-state index in [1.165, 1.54) is 0 Å². The van der Waals surface area contributed by atoms with Crippen LogP contribution < -0.4 is 25.7 Å². The fourth-order valence-electron chi connectivity index (χ4n) is 3.17. The highest BCUT2D eigenvalue weighted by Gasteiger charge is 2.38. The first-order chi connectivity index (χ1) is 12.0. The first-order valence-electron chi connectivity index (χ1n) is 7.62. The summed E-state index contributed by atoms with van der Waals surface area (Å²) in [6.07, 6.45) is -0.754. The molecule has 0 saturated carbocycles. The Kier molecular flexibility index (Phi) is 4.75. The summed E-state index contributed by atoms with van der Waals surface area (Å²) >= 11 is 3.50. The van der Waals surface area contributed by atoms with E-state index in [2.05, 4.69) is 22.0 Å². The van der Waals surface area contributed by atoms with Gasteiger partial charge < -0.3 is 19.9 Å². The Morgan fingerprint density at radius 3 is 2.60 bits per heavy atom. The van der Waals surface area contributed by atoms with Gasteiger partial charge in [-0.05, 0) is 39.7 Å². The van der Waals surface area contributed by atoms with E-state index >= 15 is 0 Å². The summed E-state index contributed by atoms with van der Waals surface area (Å²) in [6.45, 7) is 0. The molecule has 25 heavy (non-hydrogen) atoms. The van der Waals surface area contributed by atoms with Crippen LogP contribution in [0.25, 0.3) is 0 Å². The van der Waals surface area contributed by atoms with Crippen molar-refractivity contribution in [3.05, 3.63) is 45.9 Å². The predicted octanol–water partition coefficient (Wildman–Crippen LogP) is 3.00. The molecule has 130 valence electrons. The van der Waals surface area contributed by atoms with Crippen molar-refractivity contribution >= 4 is 21.6 Å². The second-order valence-electron chi connectivity index (χ2n) is 5.75. The van der Waals surface area contributed by atoms with Gasteiger partial charge in [0.1, 0.15) is 11.7 Å². The first kappa shape index (κ1) is 17.4. The average molecular weight is 404 g/mol. The quantitative estimate of drug-likeness (QED) is 0.763. The molecule has 2 aromatic rings. The fraction of sp³-hybridized carbons (Fsp3) is 0.278. The third-order valence-corrected chi connectivity index (χ3v) is 4.90. The fourth-order valence-corrected chi connectivity index (χ4v) is 3.79. The van der Waals surface area contributed by atoms with E-state index < -0.39 is 12.1 Å². The van der Waals surface area contributed by atoms with Gasteiger partial charge in [-0.25, -0.2) is 0 Å². The molecule has 1 aliphatic heterocycles. The molecule has 1 heterocycles. The van der Waals surface area contributed by atoms with Gasteiger partial charge in [0.25, 0.3) is 0 Å². The van der Waals surface area contributed by atoms with Gasteiger partial charge in [-0.2, -0.15) is 5.26 Å². The number of nitriles is 1. The van der Waals surface area contributed by atoms with Crippen LogP contribution in [0.2, 0.25) is 0 Å². The molecule has 2 aromatic carbocycles. The van der Waals surface area contributed by atoms with E-state index in [0.717, 1.165) is 15.6 Å². The lowest BCUT2D eigenvalue weighted by atomic mass is 9.78. The molecule has 0 amide bonds. The van der Waals surface area contributed by atoms with E-state index in [-0.39, 0.29) is 5.92 Å². The summed E-state index contributed by atoms with van der Waals surface area (Å²) in [5.41, 5.74) is 14.3. The number of hydrogen-bond acceptors (Lipinski definition) is 6. The number of anilines is 1. The largest absolute Gasteiger partial charge is 0.493 e. The highest BCUT2D eigenvalue weighted by Crippen LogP contribution is 2.47. The minimum Gasteiger partial charge on any atom is -0.493 e. The second-order valence-corrected chi connectivity index (χ2v) is 6.60. The van der Waals surface area contributed by atoms with Gasteiger partial charge in [0.2, 0.25) is 0 Å². The van der Waals surface area contributed by atoms with Gasteiger partial charge in [0.05, 0.1) is 24.8 Å². The number of fused-ring (bicyclic) bond motifs is 1. The molecule has 0 fully saturated rings. The molecule has 0 aromatic heterocycles. The molecule has 0 radical (unpaired) electrons. The van der Waals surface area contributed by atoms with Crippen LogP contribution in [0.15, 0.2) is 34.8 Å². The number of hydrogen-bond donors (Lipinski definition) is 2. The van der Waals surface area contributed by atoms with Gasteiger partial charge >= 0.3 is 0 Å². The van der Waals surface area contributed by atoms with Crippen molar-refractivity contribution in [3.63, 3.8) is 0 Å². The minimum atomic E-state index is -0.754. The Balaban J connectivity index is 2.21. The molecule has 0 saturated heterocycles. The van der Waals surface area contributed by atoms with Crippen molar-refractivity contribution in [2.45, 2.75) is 12.1 Å². The van der Waals surface area contributed by atoms with Crippen molar-refractivity contribution in [1.29, 1.82) is 5.26 Å². The number of nitrogens with zero attached hydrogens (tertiary/aromatic N) is 1. The zero-order chi connectivity index (χ0) is 18.1. The van der Waals surface area contributed by atoms with Crippen LogP contribution in [-0.2, 0) is 0 Å². The summed E-state index contributed by atoms with van der Waals surface area (Å²) < 4.78 is 17.2. The molecule has 3 atom stereocenters. The van der Waals surface area contributed by atoms with E-state index in [9.17, 15) is 5.26 Å². The van der Waals surface area contributed by atoms with Crippen LogP contribution >= 0.6 is 15.9 Å². The molecule has 3 rings (SSSR count). The maximum Gasteiger partial charge on any atom is 0.174 e. The monoisotopic (exact) mass is 403 g/mol. The third kappa shape index (κ3) is 2.99. The van der Waals surface area contributed by atoms with Gasteiger partial charge in [-0.1, -0.05) is 6.07 Å². The van der Waals surface area contributed by atoms with Gasteiger partial charge in [-0.15, -0.1) is 0 Å². The van der Waals surface area contributed by atoms with Gasteiger partial charge in [-0.3, -0.25) is 5.73 Å². The topological polar surface area (TPSA) is 104 Å². The third-order valence-electron chi connectivity index (χ3n) is 4.31. The molecule has 0 aliphatic carbocycles. The molecule has 0 bridgehead atoms. The summed E-state index contributed by atoms with van der Waals surface area (Å²) in [5, 5.41) is 9.67. The molecule has 0 spiro atoms. The number of ether oxygens (including phenoxy) is 3. The zero-order valence-corrected chi connectivity index (χ0v) is 15.4. The summed E-state index contributed by atoms with van der Waals surface area (Å²) in [4.78, 5) is 0. The predicted molar refractivity (Wildman–Crippen MR) is 97.6 cm³/mol. The van der Waals surface area contributed by atoms with E-state index in [1.54, 1.807) is 26.4 Å². The Morgan fingerprint density at radius 2 is 1.96 bits per heavy atom. The zero-order valence-electron chi connectivity index (χ0n) is 13.8. The number of halogens is 1. The number of nitrogens with two attached hydrogens (primary N) is 2. The highest BCUT2D eigenvalue weighted by molar-refractivity contribution is 9.10. The van der Waals surface area contributed by atoms with Crippen LogP contribution in [0, 0.1) is 17.2 Å². The highest BCUT2D eigenvalue weighted by atomic mass is 79.9. The molecular formula is C18H18BrN3O3. The van der Waals surface area contributed by atoms with Crippen LogP contribution in [0.3, 0.4) is 0 Å². The van der Waals surface area contributed by atoms with Crippen molar-refractivity contribution in [2.75, 3.05) is 20.0 Å². The summed E-state index contributed by atoms with van der Waals surface area (Å²) in [6, 6.07) is 11.4. The van der Waals surface area contributed by atoms with Crippen molar-refractivity contribution in [2.24, 2.45) is 11.7 Å². The second kappa shape index (κ2) is 6.82. The smallest absolute Gasteiger partial charge is 0.174 e. The number of rotatable bonds is 3. The van der Waals surface area contributed by atoms with E-state index in [0.29, 0.717) is 22.9 Å². The van der Waals surface area contributed by atoms with Crippen LogP contribution in [0.4, 0.5) is 5.69 Å². The molecule has 4 N–H and O–H groups in total. The number of benzene rings is 2. The molecule has 3 unspecified atom stereocenters. The average Bonchev–Trinajstić information content (AvgIpc) is 2.59. The molecule has 1 aliphatic rings. The molecule has 7 heteroatoms. The van der Waals surface area contributed by atoms with Gasteiger partial charge in [0, 0.05) is 23.2 Å². The molecular weight excluding hydrogens is 386 g/mol. The Bertz CT molecular complexity index is 850. The minimum absolute atomic E-state index is 0.277. The SMILES string of the molecule is COc1cc(C2c3ccc(N)cc3OC(N)C2C#N)cc(Br)c1OC. The number of methoxy groups -OCH3 is 2. The molecule has 6 nitrogen and oxygen atoms in total. The standard InChI is InChI=1S/C18H18BrN3O3/c1-23-15-6-9(5-13(19)17(15)24-2)16-11-4-3-10(21)7-14(11)25-18(22)12(16)8-20/h3-7,12,16,18H,21-22H2,1-2H3. The Morgan fingerprint density at radius 1 is 1.20 bits per heavy atom. The lowest BCUT2D eigenvalue weighted by Crippen LogP contribution is -2.42. The Hall–Kier alpha value is -2.43. The van der Waals surface area contributed by atoms with Crippen molar-refractivity contribution in [1.82, 2.24) is 0 Å². The number of nitrogen functional groups attached to an aromatic ring is 1. The van der Waals surface area contributed by atoms with Gasteiger partial charge in [0.15, 0.2) is 17.7 Å². The maximum absolute atomic E-state index is 9.67. The maximum atomic E-state index is 9.67. The first-order valence-corrected chi connectivity index (χ1v) is 8.42. The normalized spacial score (nSPS) is 21.6. The summed E-state index contributed by atoms with van der Waals surface area (Å²) in [5.74, 6) is 0.922. The Labute approximate surface area is 154 Å².